The largest absolute Gasteiger partial charge is 0.353 e. The van der Waals surface area contributed by atoms with Gasteiger partial charge < -0.3 is 5.32 Å². The van der Waals surface area contributed by atoms with Crippen molar-refractivity contribution in [1.29, 1.82) is 0 Å². The van der Waals surface area contributed by atoms with E-state index in [-0.39, 0.29) is 11.6 Å². The summed E-state index contributed by atoms with van der Waals surface area (Å²) < 4.78 is 0. The molecule has 5 nitrogen and oxygen atoms in total. The van der Waals surface area contributed by atoms with Gasteiger partial charge in [0.15, 0.2) is 0 Å². The Labute approximate surface area is 154 Å². The first kappa shape index (κ1) is 17.3. The number of carbonyl (C=O) groups is 1. The molecule has 0 unspecified atom stereocenters. The molecule has 1 aromatic rings. The second kappa shape index (κ2) is 6.86. The Morgan fingerprint density at radius 1 is 1.19 bits per heavy atom. The number of nitrogens with one attached hydrogen (secondary N) is 1. The van der Waals surface area contributed by atoms with Crippen molar-refractivity contribution in [3.8, 4) is 0 Å². The van der Waals surface area contributed by atoms with Crippen molar-refractivity contribution in [3.63, 3.8) is 0 Å². The summed E-state index contributed by atoms with van der Waals surface area (Å²) in [5, 5.41) is 13.8. The highest BCUT2D eigenvalue weighted by atomic mass is 16.6. The lowest BCUT2D eigenvalue weighted by atomic mass is 9.49. The third-order valence-corrected chi connectivity index (χ3v) is 6.63. The molecule has 4 saturated carbocycles. The van der Waals surface area contributed by atoms with Gasteiger partial charge in [-0.25, -0.2) is 0 Å². The third-order valence-electron chi connectivity index (χ3n) is 6.63. The topological polar surface area (TPSA) is 72.2 Å². The molecule has 0 saturated heterocycles. The molecule has 4 fully saturated rings. The number of carbonyl (C=O) groups excluding carboxylic acids is 1. The number of rotatable bonds is 6. The van der Waals surface area contributed by atoms with Crippen LogP contribution in [0.5, 0.6) is 0 Å². The fourth-order valence-electron chi connectivity index (χ4n) is 6.02. The zero-order chi connectivity index (χ0) is 18.1. The van der Waals surface area contributed by atoms with Crippen LogP contribution in [0, 0.1) is 33.3 Å². The smallest absolute Gasteiger partial charge is 0.270 e. The van der Waals surface area contributed by atoms with Crippen molar-refractivity contribution in [2.24, 2.45) is 23.2 Å². The van der Waals surface area contributed by atoms with Crippen LogP contribution in [0.3, 0.4) is 0 Å². The van der Waals surface area contributed by atoms with Gasteiger partial charge in [-0.3, -0.25) is 14.9 Å². The number of benzene rings is 1. The molecule has 0 heterocycles. The summed E-state index contributed by atoms with van der Waals surface area (Å²) in [7, 11) is 0. The Morgan fingerprint density at radius 2 is 1.85 bits per heavy atom. The quantitative estimate of drug-likeness (QED) is 0.469. The van der Waals surface area contributed by atoms with Crippen molar-refractivity contribution in [1.82, 2.24) is 5.32 Å². The summed E-state index contributed by atoms with van der Waals surface area (Å²) in [5.41, 5.74) is 1.18. The van der Waals surface area contributed by atoms with E-state index < -0.39 is 4.92 Å². The van der Waals surface area contributed by atoms with E-state index in [0.29, 0.717) is 11.0 Å². The molecule has 5 heteroatoms. The molecule has 0 aliphatic heterocycles. The van der Waals surface area contributed by atoms with Gasteiger partial charge in [0.25, 0.3) is 5.69 Å². The standard InChI is InChI=1S/C21H26N2O3/c24-20(5-4-15-2-1-3-19(11-15)23(25)26)22-7-6-21-12-16-8-17(13-21)10-18(9-16)14-21/h1-5,11,16-18H,6-10,12-14H2,(H,22,24)/b5-4-. The molecule has 0 atom stereocenters. The van der Waals surface area contributed by atoms with Gasteiger partial charge in [-0.2, -0.15) is 0 Å². The van der Waals surface area contributed by atoms with Crippen LogP contribution in [0.15, 0.2) is 30.3 Å². The second-order valence-corrected chi connectivity index (χ2v) is 8.64. The van der Waals surface area contributed by atoms with E-state index in [0.717, 1.165) is 30.7 Å². The van der Waals surface area contributed by atoms with Gasteiger partial charge in [-0.15, -0.1) is 0 Å². The average Bonchev–Trinajstić information content (AvgIpc) is 2.59. The van der Waals surface area contributed by atoms with Gasteiger partial charge >= 0.3 is 0 Å². The number of nitro groups is 1. The van der Waals surface area contributed by atoms with Crippen molar-refractivity contribution in [3.05, 3.63) is 46.0 Å². The highest BCUT2D eigenvalue weighted by Crippen LogP contribution is 2.61. The molecule has 138 valence electrons. The van der Waals surface area contributed by atoms with E-state index in [4.69, 9.17) is 0 Å². The summed E-state index contributed by atoms with van der Waals surface area (Å²) in [4.78, 5) is 22.5. The Morgan fingerprint density at radius 3 is 2.46 bits per heavy atom. The minimum atomic E-state index is -0.428. The van der Waals surface area contributed by atoms with Gasteiger partial charge in [0, 0.05) is 24.8 Å². The van der Waals surface area contributed by atoms with Gasteiger partial charge in [0.05, 0.1) is 4.92 Å². The van der Waals surface area contributed by atoms with Crippen LogP contribution in [0.2, 0.25) is 0 Å². The molecule has 1 N–H and O–H groups in total. The maximum atomic E-state index is 12.1. The summed E-state index contributed by atoms with van der Waals surface area (Å²) in [6.07, 6.45) is 12.6. The first-order chi connectivity index (χ1) is 12.5. The molecule has 1 amide bonds. The Bertz CT molecular complexity index is 705. The molecule has 4 bridgehead atoms. The number of hydrogen-bond acceptors (Lipinski definition) is 3. The Kier molecular flexibility index (Phi) is 4.55. The normalized spacial score (nSPS) is 32.1. The van der Waals surface area contributed by atoms with Crippen LogP contribution in [-0.4, -0.2) is 17.4 Å². The monoisotopic (exact) mass is 354 g/mol. The molecular formula is C21H26N2O3. The summed E-state index contributed by atoms with van der Waals surface area (Å²) in [6, 6.07) is 6.30. The van der Waals surface area contributed by atoms with Crippen LogP contribution in [-0.2, 0) is 4.79 Å². The first-order valence-corrected chi connectivity index (χ1v) is 9.72. The number of nitrogens with zero attached hydrogens (tertiary/aromatic N) is 1. The van der Waals surface area contributed by atoms with Crippen LogP contribution >= 0.6 is 0 Å². The molecule has 0 radical (unpaired) electrons. The maximum Gasteiger partial charge on any atom is 0.270 e. The molecule has 26 heavy (non-hydrogen) atoms. The van der Waals surface area contributed by atoms with E-state index in [2.05, 4.69) is 5.32 Å². The van der Waals surface area contributed by atoms with Crippen molar-refractivity contribution < 1.29 is 9.72 Å². The summed E-state index contributed by atoms with van der Waals surface area (Å²) in [6.45, 7) is 0.726. The van der Waals surface area contributed by atoms with Crippen LogP contribution in [0.1, 0.15) is 50.5 Å². The van der Waals surface area contributed by atoms with Crippen molar-refractivity contribution in [2.45, 2.75) is 44.9 Å². The number of non-ortho nitro benzene ring substituents is 1. The summed E-state index contributed by atoms with van der Waals surface area (Å²) >= 11 is 0. The maximum absolute atomic E-state index is 12.1. The van der Waals surface area contributed by atoms with Gasteiger partial charge in [0.2, 0.25) is 5.91 Å². The minimum Gasteiger partial charge on any atom is -0.353 e. The van der Waals surface area contributed by atoms with E-state index in [9.17, 15) is 14.9 Å². The molecule has 0 aromatic heterocycles. The molecule has 1 aromatic carbocycles. The number of hydrogen-bond donors (Lipinski definition) is 1. The Hall–Kier alpha value is -2.17. The fraction of sp³-hybridized carbons (Fsp3) is 0.571. The molecule has 5 rings (SSSR count). The zero-order valence-electron chi connectivity index (χ0n) is 15.0. The lowest BCUT2D eigenvalue weighted by molar-refractivity contribution is -0.384. The Balaban J connectivity index is 1.28. The summed E-state index contributed by atoms with van der Waals surface area (Å²) in [5.74, 6) is 2.68. The van der Waals surface area contributed by atoms with Crippen LogP contribution < -0.4 is 5.32 Å². The fourth-order valence-corrected chi connectivity index (χ4v) is 6.02. The van der Waals surface area contributed by atoms with E-state index in [1.807, 2.05) is 0 Å². The predicted molar refractivity (Wildman–Crippen MR) is 100 cm³/mol. The van der Waals surface area contributed by atoms with Gasteiger partial charge in [0.1, 0.15) is 0 Å². The second-order valence-electron chi connectivity index (χ2n) is 8.64. The lowest BCUT2D eigenvalue weighted by Crippen LogP contribution is -2.47. The minimum absolute atomic E-state index is 0.0365. The van der Waals surface area contributed by atoms with Gasteiger partial charge in [-0.1, -0.05) is 12.1 Å². The average molecular weight is 354 g/mol. The highest BCUT2D eigenvalue weighted by Gasteiger charge is 2.50. The SMILES string of the molecule is O=C(/C=C\c1cccc([N+](=O)[O-])c1)NCCC12CC3CC(CC(C3)C1)C2. The number of amides is 1. The van der Waals surface area contributed by atoms with Crippen molar-refractivity contribution >= 4 is 17.7 Å². The van der Waals surface area contributed by atoms with Gasteiger partial charge in [-0.05, 0) is 79.8 Å². The van der Waals surface area contributed by atoms with Crippen LogP contribution in [0.25, 0.3) is 6.08 Å². The predicted octanol–water partition coefficient (Wildman–Crippen LogP) is 4.33. The first-order valence-electron chi connectivity index (χ1n) is 9.72. The van der Waals surface area contributed by atoms with E-state index in [1.54, 1.807) is 18.2 Å². The number of nitro benzene ring substituents is 1. The van der Waals surface area contributed by atoms with Crippen molar-refractivity contribution in [2.75, 3.05) is 6.54 Å². The molecule has 4 aliphatic carbocycles. The molecular weight excluding hydrogens is 328 g/mol. The van der Waals surface area contributed by atoms with Crippen LogP contribution in [0.4, 0.5) is 5.69 Å². The van der Waals surface area contributed by atoms with E-state index >= 15 is 0 Å². The zero-order valence-corrected chi connectivity index (χ0v) is 15.0. The lowest BCUT2D eigenvalue weighted by Gasteiger charge is -2.57. The highest BCUT2D eigenvalue weighted by molar-refractivity contribution is 5.91. The molecule has 4 aliphatic rings. The molecule has 0 spiro atoms. The third kappa shape index (κ3) is 3.67. The van der Waals surface area contributed by atoms with E-state index in [1.165, 1.54) is 56.7 Å².